The molecule has 2 heterocycles. The third-order valence-electron chi connectivity index (χ3n) is 4.53. The number of hydrogen-bond donors (Lipinski definition) is 1. The fourth-order valence-electron chi connectivity index (χ4n) is 2.95. The van der Waals surface area contributed by atoms with Crippen molar-refractivity contribution < 1.29 is 18.4 Å². The minimum atomic E-state index is -0.502. The van der Waals surface area contributed by atoms with Crippen molar-refractivity contribution in [3.8, 4) is 5.75 Å². The molecule has 0 aliphatic carbocycles. The van der Waals surface area contributed by atoms with Crippen LogP contribution >= 0.6 is 11.6 Å². The number of ether oxygens (including phenoxy) is 1. The van der Waals surface area contributed by atoms with E-state index in [1.54, 1.807) is 32.0 Å². The highest BCUT2D eigenvalue weighted by Gasteiger charge is 2.14. The number of aryl methyl sites for hydroxylation is 2. The number of hydrogen-bond acceptors (Lipinski definition) is 5. The summed E-state index contributed by atoms with van der Waals surface area (Å²) in [6.07, 6.45) is 0. The smallest absolute Gasteiger partial charge is 0.287 e. The zero-order valence-electron chi connectivity index (χ0n) is 16.6. The van der Waals surface area contributed by atoms with E-state index in [0.717, 1.165) is 4.57 Å². The summed E-state index contributed by atoms with van der Waals surface area (Å²) in [5, 5.41) is 3.08. The Balaban J connectivity index is 1.56. The Hall–Kier alpha value is -3.65. The molecule has 0 spiro atoms. The summed E-state index contributed by atoms with van der Waals surface area (Å²) in [7, 11) is 0. The molecule has 4 rings (SSSR count). The first-order chi connectivity index (χ1) is 14.8. The van der Waals surface area contributed by atoms with Crippen LogP contribution in [0.4, 0.5) is 10.1 Å². The van der Waals surface area contributed by atoms with Crippen molar-refractivity contribution in [3.05, 3.63) is 92.3 Å². The van der Waals surface area contributed by atoms with Crippen molar-refractivity contribution >= 4 is 28.8 Å². The Bertz CT molecular complexity index is 1360. The number of fused-ring (bicyclic) bond motifs is 1. The van der Waals surface area contributed by atoms with E-state index in [1.165, 1.54) is 30.3 Å². The number of aromatic nitrogens is 2. The van der Waals surface area contributed by atoms with Gasteiger partial charge in [-0.25, -0.2) is 9.37 Å². The van der Waals surface area contributed by atoms with E-state index in [-0.39, 0.29) is 23.5 Å². The van der Waals surface area contributed by atoms with Crippen LogP contribution < -0.4 is 15.6 Å². The van der Waals surface area contributed by atoms with E-state index in [1.807, 2.05) is 0 Å². The molecule has 0 unspecified atom stereocenters. The molecule has 1 N–H and O–H groups in total. The van der Waals surface area contributed by atoms with Crippen LogP contribution in [0.15, 0.2) is 57.8 Å². The first-order valence-electron chi connectivity index (χ1n) is 9.29. The highest BCUT2D eigenvalue weighted by atomic mass is 35.5. The van der Waals surface area contributed by atoms with Crippen molar-refractivity contribution in [2.24, 2.45) is 0 Å². The fraction of sp³-hybridized carbons (Fsp3) is 0.136. The van der Waals surface area contributed by atoms with Gasteiger partial charge >= 0.3 is 0 Å². The highest BCUT2D eigenvalue weighted by Crippen LogP contribution is 2.29. The molecule has 0 radical (unpaired) electrons. The monoisotopic (exact) mass is 441 g/mol. The van der Waals surface area contributed by atoms with Gasteiger partial charge in [0.15, 0.2) is 5.65 Å². The number of nitrogens with zero attached hydrogens (tertiary/aromatic N) is 2. The molecule has 0 saturated carbocycles. The summed E-state index contributed by atoms with van der Waals surface area (Å²) in [5.74, 6) is -0.144. The first kappa shape index (κ1) is 20.6. The van der Waals surface area contributed by atoms with E-state index >= 15 is 0 Å². The lowest BCUT2D eigenvalue weighted by molar-refractivity contribution is 0.102. The molecule has 0 fully saturated rings. The van der Waals surface area contributed by atoms with Gasteiger partial charge in [0.2, 0.25) is 0 Å². The number of rotatable bonds is 5. The second-order valence-corrected chi connectivity index (χ2v) is 7.37. The zero-order valence-corrected chi connectivity index (χ0v) is 17.4. The first-order valence-corrected chi connectivity index (χ1v) is 9.67. The fourth-order valence-corrected chi connectivity index (χ4v) is 3.11. The Morgan fingerprint density at radius 3 is 2.77 bits per heavy atom. The van der Waals surface area contributed by atoms with Gasteiger partial charge in [0.1, 0.15) is 23.9 Å². The lowest BCUT2D eigenvalue weighted by atomic mass is 10.1. The van der Waals surface area contributed by atoms with Gasteiger partial charge in [0.25, 0.3) is 11.5 Å². The minimum Gasteiger partial charge on any atom is -0.485 e. The lowest BCUT2D eigenvalue weighted by Gasteiger charge is -2.13. The van der Waals surface area contributed by atoms with Gasteiger partial charge in [0.05, 0.1) is 11.4 Å². The Morgan fingerprint density at radius 2 is 2.00 bits per heavy atom. The maximum atomic E-state index is 13.8. The van der Waals surface area contributed by atoms with Gasteiger partial charge in [-0.15, -0.1) is 4.57 Å². The summed E-state index contributed by atoms with van der Waals surface area (Å²) in [6, 6.07) is 11.9. The molecule has 158 valence electrons. The standard InChI is InChI=1S/C22H17ClFN3O4/c1-12-3-4-14(8-17(12)24)22(29)26-18-6-5-15(23)9-19(18)30-11-16-10-21(28)27-20(25-16)7-13(2)31-27/h3-10H,11H2,1-2H3,(H,26,29). The Kier molecular flexibility index (Phi) is 5.48. The predicted octanol–water partition coefficient (Wildman–Crippen LogP) is 4.53. The van der Waals surface area contributed by atoms with Crippen LogP contribution in [0.5, 0.6) is 5.75 Å². The number of halogens is 2. The van der Waals surface area contributed by atoms with Crippen LogP contribution in [0.2, 0.25) is 5.02 Å². The second kappa shape index (κ2) is 8.23. The van der Waals surface area contributed by atoms with Crippen LogP contribution in [0, 0.1) is 19.7 Å². The largest absolute Gasteiger partial charge is 0.485 e. The molecular weight excluding hydrogens is 425 g/mol. The molecule has 7 nitrogen and oxygen atoms in total. The maximum absolute atomic E-state index is 13.8. The summed E-state index contributed by atoms with van der Waals surface area (Å²) in [5.41, 5.74) is 1.32. The average molecular weight is 442 g/mol. The number of benzene rings is 2. The van der Waals surface area contributed by atoms with Crippen molar-refractivity contribution in [1.29, 1.82) is 0 Å². The molecule has 0 saturated heterocycles. The Labute approximate surface area is 181 Å². The van der Waals surface area contributed by atoms with Crippen LogP contribution in [0.25, 0.3) is 5.65 Å². The van der Waals surface area contributed by atoms with E-state index in [9.17, 15) is 14.0 Å². The van der Waals surface area contributed by atoms with Gasteiger partial charge in [-0.2, -0.15) is 0 Å². The van der Waals surface area contributed by atoms with Gasteiger partial charge in [0, 0.05) is 28.8 Å². The SMILES string of the molecule is Cc1cc2nc(COc3cc(Cl)ccc3NC(=O)c3ccc(C)c(F)c3)cc(=O)n2o1. The summed E-state index contributed by atoms with van der Waals surface area (Å²) < 4.78 is 25.9. The molecule has 4 aromatic rings. The molecule has 0 atom stereocenters. The number of carbonyl (C=O) groups excluding carboxylic acids is 1. The summed E-state index contributed by atoms with van der Waals surface area (Å²) >= 11 is 6.07. The van der Waals surface area contributed by atoms with Crippen LogP contribution in [0.3, 0.4) is 0 Å². The van der Waals surface area contributed by atoms with E-state index in [0.29, 0.717) is 33.4 Å². The summed E-state index contributed by atoms with van der Waals surface area (Å²) in [6.45, 7) is 3.29. The van der Waals surface area contributed by atoms with Crippen LogP contribution in [-0.4, -0.2) is 15.5 Å². The van der Waals surface area contributed by atoms with E-state index in [2.05, 4.69) is 10.3 Å². The molecule has 0 aliphatic heterocycles. The molecule has 2 aromatic carbocycles. The van der Waals surface area contributed by atoms with Crippen LogP contribution in [0.1, 0.15) is 27.4 Å². The van der Waals surface area contributed by atoms with Crippen LogP contribution in [-0.2, 0) is 6.61 Å². The van der Waals surface area contributed by atoms with Crippen molar-refractivity contribution in [2.45, 2.75) is 20.5 Å². The maximum Gasteiger partial charge on any atom is 0.287 e. The number of carbonyl (C=O) groups is 1. The zero-order chi connectivity index (χ0) is 22.1. The number of anilines is 1. The summed E-state index contributed by atoms with van der Waals surface area (Å²) in [4.78, 5) is 29.0. The third kappa shape index (κ3) is 4.44. The second-order valence-electron chi connectivity index (χ2n) is 6.93. The predicted molar refractivity (Wildman–Crippen MR) is 113 cm³/mol. The highest BCUT2D eigenvalue weighted by molar-refractivity contribution is 6.30. The molecule has 0 aliphatic rings. The number of nitrogens with one attached hydrogen (secondary N) is 1. The van der Waals surface area contributed by atoms with Crippen molar-refractivity contribution in [3.63, 3.8) is 0 Å². The quantitative estimate of drug-likeness (QED) is 0.492. The lowest BCUT2D eigenvalue weighted by Crippen LogP contribution is -2.15. The van der Waals surface area contributed by atoms with E-state index < -0.39 is 11.7 Å². The third-order valence-corrected chi connectivity index (χ3v) is 4.76. The van der Waals surface area contributed by atoms with Crippen molar-refractivity contribution in [2.75, 3.05) is 5.32 Å². The Morgan fingerprint density at radius 1 is 1.19 bits per heavy atom. The van der Waals surface area contributed by atoms with Gasteiger partial charge in [-0.3, -0.25) is 9.59 Å². The minimum absolute atomic E-state index is 0.0433. The molecule has 9 heteroatoms. The van der Waals surface area contributed by atoms with Crippen molar-refractivity contribution in [1.82, 2.24) is 9.56 Å². The molecule has 31 heavy (non-hydrogen) atoms. The molecule has 2 aromatic heterocycles. The molecule has 0 bridgehead atoms. The molecule has 1 amide bonds. The normalized spacial score (nSPS) is 11.0. The molecular formula is C22H17ClFN3O4. The average Bonchev–Trinajstić information content (AvgIpc) is 3.11. The van der Waals surface area contributed by atoms with Gasteiger partial charge < -0.3 is 14.6 Å². The topological polar surface area (TPSA) is 85.8 Å². The van der Waals surface area contributed by atoms with Gasteiger partial charge in [-0.05, 0) is 43.7 Å². The number of amides is 1. The van der Waals surface area contributed by atoms with Gasteiger partial charge in [-0.1, -0.05) is 17.7 Å². The van der Waals surface area contributed by atoms with E-state index in [4.69, 9.17) is 20.9 Å².